The molecule has 0 aliphatic rings. The van der Waals surface area contributed by atoms with Crippen LogP contribution in [0.1, 0.15) is 10.5 Å². The van der Waals surface area contributed by atoms with E-state index in [9.17, 15) is 4.79 Å². The summed E-state index contributed by atoms with van der Waals surface area (Å²) in [6.07, 6.45) is 0.761. The second-order valence-electron chi connectivity index (χ2n) is 4.95. The molecular formula is C18H14BrNO3. The fourth-order valence-corrected chi connectivity index (χ4v) is 2.73. The van der Waals surface area contributed by atoms with Gasteiger partial charge in [0.25, 0.3) is 0 Å². The minimum atomic E-state index is 0.376. The zero-order valence-corrected chi connectivity index (χ0v) is 14.3. The fraction of sp³-hybridized carbons (Fsp3) is 0.111. The van der Waals surface area contributed by atoms with Crippen LogP contribution in [0.4, 0.5) is 0 Å². The number of ether oxygens (including phenoxy) is 2. The highest BCUT2D eigenvalue weighted by Gasteiger charge is 2.12. The van der Waals surface area contributed by atoms with Crippen LogP contribution in [0.2, 0.25) is 0 Å². The van der Waals surface area contributed by atoms with Gasteiger partial charge in [0, 0.05) is 15.4 Å². The van der Waals surface area contributed by atoms with E-state index in [0.29, 0.717) is 17.2 Å². The molecule has 2 aromatic carbocycles. The highest BCUT2D eigenvalue weighted by atomic mass is 79.9. The van der Waals surface area contributed by atoms with Crippen molar-refractivity contribution in [3.8, 4) is 22.8 Å². The van der Waals surface area contributed by atoms with Crippen molar-refractivity contribution in [1.82, 2.24) is 4.98 Å². The van der Waals surface area contributed by atoms with Gasteiger partial charge >= 0.3 is 0 Å². The predicted octanol–water partition coefficient (Wildman–Crippen LogP) is 4.49. The largest absolute Gasteiger partial charge is 0.493 e. The maximum absolute atomic E-state index is 11.5. The second kappa shape index (κ2) is 6.38. The molecule has 0 unspecified atom stereocenters. The standard InChI is InChI=1S/C18H14BrNO3/c1-22-17-8-12-7-15(11-3-5-13(19)6-4-11)20-16(10-21)14(12)9-18(17)23-2/h3-10H,1-2H3. The van der Waals surface area contributed by atoms with Gasteiger partial charge in [-0.15, -0.1) is 0 Å². The lowest BCUT2D eigenvalue weighted by atomic mass is 10.0. The third-order valence-electron chi connectivity index (χ3n) is 3.62. The van der Waals surface area contributed by atoms with E-state index < -0.39 is 0 Å². The first-order valence-electron chi connectivity index (χ1n) is 6.94. The molecule has 0 radical (unpaired) electrons. The van der Waals surface area contributed by atoms with Crippen LogP contribution in [-0.2, 0) is 0 Å². The summed E-state index contributed by atoms with van der Waals surface area (Å²) in [6, 6.07) is 13.4. The number of hydrogen-bond acceptors (Lipinski definition) is 4. The first kappa shape index (κ1) is 15.5. The van der Waals surface area contributed by atoms with Gasteiger partial charge in [-0.2, -0.15) is 0 Å². The van der Waals surface area contributed by atoms with Crippen LogP contribution in [0.3, 0.4) is 0 Å². The van der Waals surface area contributed by atoms with Crippen molar-refractivity contribution >= 4 is 33.0 Å². The molecule has 3 aromatic rings. The summed E-state index contributed by atoms with van der Waals surface area (Å²) in [5.41, 5.74) is 2.05. The zero-order valence-electron chi connectivity index (χ0n) is 12.7. The van der Waals surface area contributed by atoms with E-state index >= 15 is 0 Å². The molecule has 1 aromatic heterocycles. The van der Waals surface area contributed by atoms with Crippen molar-refractivity contribution in [2.75, 3.05) is 14.2 Å². The highest BCUT2D eigenvalue weighted by Crippen LogP contribution is 2.34. The molecule has 0 fully saturated rings. The van der Waals surface area contributed by atoms with Crippen molar-refractivity contribution in [3.05, 3.63) is 52.6 Å². The molecule has 0 aliphatic carbocycles. The lowest BCUT2D eigenvalue weighted by Gasteiger charge is -2.11. The zero-order chi connectivity index (χ0) is 16.4. The summed E-state index contributed by atoms with van der Waals surface area (Å²) in [6.45, 7) is 0. The van der Waals surface area contributed by atoms with Crippen LogP contribution < -0.4 is 9.47 Å². The minimum absolute atomic E-state index is 0.376. The van der Waals surface area contributed by atoms with E-state index in [-0.39, 0.29) is 0 Å². The molecular weight excluding hydrogens is 358 g/mol. The van der Waals surface area contributed by atoms with Gasteiger partial charge in [0.2, 0.25) is 0 Å². The summed E-state index contributed by atoms with van der Waals surface area (Å²) in [7, 11) is 3.15. The Morgan fingerprint density at radius 1 is 1.00 bits per heavy atom. The van der Waals surface area contributed by atoms with E-state index in [2.05, 4.69) is 20.9 Å². The third kappa shape index (κ3) is 2.92. The smallest absolute Gasteiger partial charge is 0.169 e. The summed E-state index contributed by atoms with van der Waals surface area (Å²) in [5, 5.41) is 1.61. The third-order valence-corrected chi connectivity index (χ3v) is 4.15. The first-order chi connectivity index (χ1) is 11.2. The number of pyridine rings is 1. The number of carbonyl (C=O) groups is 1. The van der Waals surface area contributed by atoms with Crippen molar-refractivity contribution < 1.29 is 14.3 Å². The molecule has 0 saturated carbocycles. The summed E-state index contributed by atoms with van der Waals surface area (Å²) < 4.78 is 11.6. The summed E-state index contributed by atoms with van der Waals surface area (Å²) in [5.74, 6) is 1.19. The molecule has 4 nitrogen and oxygen atoms in total. The highest BCUT2D eigenvalue weighted by molar-refractivity contribution is 9.10. The van der Waals surface area contributed by atoms with Gasteiger partial charge < -0.3 is 9.47 Å². The van der Waals surface area contributed by atoms with Gasteiger partial charge in [-0.05, 0) is 35.7 Å². The lowest BCUT2D eigenvalue weighted by molar-refractivity contribution is 0.112. The van der Waals surface area contributed by atoms with E-state index in [0.717, 1.165) is 32.8 Å². The van der Waals surface area contributed by atoms with Crippen molar-refractivity contribution in [2.45, 2.75) is 0 Å². The van der Waals surface area contributed by atoms with E-state index in [1.807, 2.05) is 36.4 Å². The number of aromatic nitrogens is 1. The van der Waals surface area contributed by atoms with Gasteiger partial charge in [-0.3, -0.25) is 4.79 Å². The van der Waals surface area contributed by atoms with Crippen molar-refractivity contribution in [3.63, 3.8) is 0 Å². The van der Waals surface area contributed by atoms with Crippen LogP contribution in [0.25, 0.3) is 22.0 Å². The molecule has 1 heterocycles. The Hall–Kier alpha value is -2.40. The minimum Gasteiger partial charge on any atom is -0.493 e. The average molecular weight is 372 g/mol. The summed E-state index contributed by atoms with van der Waals surface area (Å²) >= 11 is 3.41. The number of halogens is 1. The number of hydrogen-bond donors (Lipinski definition) is 0. The first-order valence-corrected chi connectivity index (χ1v) is 7.73. The Morgan fingerprint density at radius 2 is 1.65 bits per heavy atom. The molecule has 0 atom stereocenters. The molecule has 0 spiro atoms. The number of fused-ring (bicyclic) bond motifs is 1. The van der Waals surface area contributed by atoms with Gasteiger partial charge in [-0.1, -0.05) is 28.1 Å². The molecule has 116 valence electrons. The quantitative estimate of drug-likeness (QED) is 0.633. The molecule has 0 amide bonds. The maximum Gasteiger partial charge on any atom is 0.169 e. The van der Waals surface area contributed by atoms with Gasteiger partial charge in [0.05, 0.1) is 19.9 Å². The van der Waals surface area contributed by atoms with Crippen LogP contribution in [0, 0.1) is 0 Å². The number of carbonyl (C=O) groups excluding carboxylic acids is 1. The number of benzene rings is 2. The number of methoxy groups -OCH3 is 2. The maximum atomic E-state index is 11.5. The van der Waals surface area contributed by atoms with Gasteiger partial charge in [0.15, 0.2) is 17.8 Å². The molecule has 0 bridgehead atoms. The van der Waals surface area contributed by atoms with Crippen LogP contribution >= 0.6 is 15.9 Å². The van der Waals surface area contributed by atoms with E-state index in [1.54, 1.807) is 20.3 Å². The van der Waals surface area contributed by atoms with Gasteiger partial charge in [-0.25, -0.2) is 4.98 Å². The molecule has 0 aliphatic heterocycles. The number of rotatable bonds is 4. The number of nitrogens with zero attached hydrogens (tertiary/aromatic N) is 1. The Morgan fingerprint density at radius 3 is 2.26 bits per heavy atom. The average Bonchev–Trinajstić information content (AvgIpc) is 2.60. The Bertz CT molecular complexity index is 876. The lowest BCUT2D eigenvalue weighted by Crippen LogP contribution is -1.96. The van der Waals surface area contributed by atoms with Crippen molar-refractivity contribution in [1.29, 1.82) is 0 Å². The Labute approximate surface area is 142 Å². The van der Waals surface area contributed by atoms with Crippen molar-refractivity contribution in [2.24, 2.45) is 0 Å². The fourth-order valence-electron chi connectivity index (χ4n) is 2.46. The monoisotopic (exact) mass is 371 g/mol. The molecule has 0 saturated heterocycles. The normalized spacial score (nSPS) is 10.6. The predicted molar refractivity (Wildman–Crippen MR) is 93.4 cm³/mol. The Kier molecular flexibility index (Phi) is 4.30. The Balaban J connectivity index is 2.26. The molecule has 5 heteroatoms. The van der Waals surface area contributed by atoms with Crippen LogP contribution in [0.15, 0.2) is 46.9 Å². The van der Waals surface area contributed by atoms with Crippen LogP contribution in [-0.4, -0.2) is 25.5 Å². The van der Waals surface area contributed by atoms with E-state index in [4.69, 9.17) is 9.47 Å². The van der Waals surface area contributed by atoms with Crippen LogP contribution in [0.5, 0.6) is 11.5 Å². The summed E-state index contributed by atoms with van der Waals surface area (Å²) in [4.78, 5) is 15.9. The van der Waals surface area contributed by atoms with Gasteiger partial charge in [0.1, 0.15) is 5.69 Å². The molecule has 3 rings (SSSR count). The molecule has 23 heavy (non-hydrogen) atoms. The second-order valence-corrected chi connectivity index (χ2v) is 5.86. The SMILES string of the molecule is COc1cc2cc(-c3ccc(Br)cc3)nc(C=O)c2cc1OC. The topological polar surface area (TPSA) is 48.4 Å². The number of aldehydes is 1. The molecule has 0 N–H and O–H groups in total. The van der Waals surface area contributed by atoms with E-state index in [1.165, 1.54) is 0 Å².